The summed E-state index contributed by atoms with van der Waals surface area (Å²) in [5.41, 5.74) is 4.24. The van der Waals surface area contributed by atoms with Crippen LogP contribution in [0.3, 0.4) is 0 Å². The van der Waals surface area contributed by atoms with Crippen molar-refractivity contribution in [3.05, 3.63) is 52.5 Å². The first-order valence-corrected chi connectivity index (χ1v) is 10.2. The Morgan fingerprint density at radius 1 is 1.25 bits per heavy atom. The van der Waals surface area contributed by atoms with Gasteiger partial charge in [0.25, 0.3) is 0 Å². The molecule has 4 nitrogen and oxygen atoms in total. The maximum Gasteiger partial charge on any atom is 0.405 e. The highest BCUT2D eigenvalue weighted by Crippen LogP contribution is 2.44. The first-order chi connectivity index (χ1) is 13.3. The van der Waals surface area contributed by atoms with E-state index in [0.717, 1.165) is 42.4 Å². The zero-order chi connectivity index (χ0) is 20.3. The number of carbonyl (C=O) groups is 1. The van der Waals surface area contributed by atoms with Gasteiger partial charge in [0.1, 0.15) is 5.75 Å². The minimum atomic E-state index is -0.986. The summed E-state index contributed by atoms with van der Waals surface area (Å²) in [6.45, 7) is 7.02. The van der Waals surface area contributed by atoms with Crippen molar-refractivity contribution in [1.29, 1.82) is 0 Å². The molecule has 5 heteroatoms. The van der Waals surface area contributed by atoms with Gasteiger partial charge >= 0.3 is 6.09 Å². The number of carboxylic acid groups (broad SMARTS) is 1. The van der Waals surface area contributed by atoms with Gasteiger partial charge in [0.2, 0.25) is 0 Å². The molecule has 3 rings (SSSR count). The summed E-state index contributed by atoms with van der Waals surface area (Å²) < 4.78 is 5.74. The Labute approximate surface area is 171 Å². The molecule has 0 unspecified atom stereocenters. The number of unbranched alkanes of at least 4 members (excludes halogenated alkanes) is 1. The molecule has 1 atom stereocenters. The fourth-order valence-corrected chi connectivity index (χ4v) is 4.06. The molecule has 1 amide bonds. The van der Waals surface area contributed by atoms with Gasteiger partial charge in [-0.1, -0.05) is 63.1 Å². The van der Waals surface area contributed by atoms with E-state index in [2.05, 4.69) is 32.2 Å². The highest BCUT2D eigenvalue weighted by atomic mass is 35.5. The Bertz CT molecular complexity index is 863. The number of halogens is 1. The van der Waals surface area contributed by atoms with Crippen LogP contribution in [0, 0.1) is 5.41 Å². The molecular formula is C23H28ClNO3. The van der Waals surface area contributed by atoms with Crippen LogP contribution in [0.4, 0.5) is 4.79 Å². The number of ether oxygens (including phenoxy) is 1. The number of nitrogens with one attached hydrogen (secondary N) is 1. The highest BCUT2D eigenvalue weighted by Gasteiger charge is 2.37. The van der Waals surface area contributed by atoms with Gasteiger partial charge in [0.15, 0.2) is 0 Å². The SMILES string of the molecule is CCCCOc1ccc(-c2ccc3c(c2)CCC(C)(C)[C@@H]3NC(=O)O)cc1Cl. The van der Waals surface area contributed by atoms with Crippen LogP contribution < -0.4 is 10.1 Å². The van der Waals surface area contributed by atoms with Gasteiger partial charge in [-0.05, 0) is 59.1 Å². The molecule has 0 aliphatic heterocycles. The van der Waals surface area contributed by atoms with Crippen molar-refractivity contribution in [3.8, 4) is 16.9 Å². The summed E-state index contributed by atoms with van der Waals surface area (Å²) in [5, 5.41) is 12.6. The average Bonchev–Trinajstić information content (AvgIpc) is 2.65. The number of rotatable bonds is 6. The number of benzene rings is 2. The second-order valence-electron chi connectivity index (χ2n) is 8.13. The van der Waals surface area contributed by atoms with Crippen molar-refractivity contribution < 1.29 is 14.6 Å². The molecular weight excluding hydrogens is 374 g/mol. The Hall–Kier alpha value is -2.20. The van der Waals surface area contributed by atoms with Crippen molar-refractivity contribution in [2.45, 2.75) is 52.5 Å². The molecule has 0 fully saturated rings. The van der Waals surface area contributed by atoms with Crippen LogP contribution in [-0.4, -0.2) is 17.8 Å². The summed E-state index contributed by atoms with van der Waals surface area (Å²) in [7, 11) is 0. The summed E-state index contributed by atoms with van der Waals surface area (Å²) in [5.74, 6) is 0.712. The maximum absolute atomic E-state index is 11.3. The molecule has 2 N–H and O–H groups in total. The fraction of sp³-hybridized carbons (Fsp3) is 0.435. The predicted molar refractivity (Wildman–Crippen MR) is 113 cm³/mol. The van der Waals surface area contributed by atoms with Crippen molar-refractivity contribution >= 4 is 17.7 Å². The zero-order valence-corrected chi connectivity index (χ0v) is 17.5. The second kappa shape index (κ2) is 8.44. The Kier molecular flexibility index (Phi) is 6.19. The number of aryl methyl sites for hydroxylation is 1. The molecule has 0 spiro atoms. The maximum atomic E-state index is 11.3. The lowest BCUT2D eigenvalue weighted by Gasteiger charge is -2.40. The molecule has 1 aliphatic carbocycles. The first kappa shape index (κ1) is 20.5. The molecule has 0 saturated carbocycles. The minimum absolute atomic E-state index is 0.117. The van der Waals surface area contributed by atoms with Crippen LogP contribution in [0.1, 0.15) is 57.2 Å². The summed E-state index contributed by atoms with van der Waals surface area (Å²) in [4.78, 5) is 11.3. The Morgan fingerprint density at radius 3 is 2.64 bits per heavy atom. The molecule has 0 radical (unpaired) electrons. The second-order valence-corrected chi connectivity index (χ2v) is 8.54. The van der Waals surface area contributed by atoms with Gasteiger partial charge in [-0.25, -0.2) is 4.79 Å². The van der Waals surface area contributed by atoms with Gasteiger partial charge in [0, 0.05) is 0 Å². The van der Waals surface area contributed by atoms with Crippen LogP contribution in [0.5, 0.6) is 5.75 Å². The normalized spacial score (nSPS) is 17.6. The van der Waals surface area contributed by atoms with E-state index in [9.17, 15) is 9.90 Å². The summed E-state index contributed by atoms with van der Waals surface area (Å²) in [6, 6.07) is 11.9. The molecule has 2 aromatic carbocycles. The van der Waals surface area contributed by atoms with Crippen LogP contribution in [0.2, 0.25) is 5.02 Å². The smallest absolute Gasteiger partial charge is 0.405 e. The van der Waals surface area contributed by atoms with Gasteiger partial charge in [0.05, 0.1) is 17.7 Å². The number of hydrogen-bond acceptors (Lipinski definition) is 2. The van der Waals surface area contributed by atoms with E-state index in [1.165, 1.54) is 5.56 Å². The van der Waals surface area contributed by atoms with Gasteiger partial charge in [-0.3, -0.25) is 0 Å². The zero-order valence-electron chi connectivity index (χ0n) is 16.7. The van der Waals surface area contributed by atoms with Crippen molar-refractivity contribution in [3.63, 3.8) is 0 Å². The summed E-state index contributed by atoms with van der Waals surface area (Å²) in [6.07, 6.45) is 2.96. The van der Waals surface area contributed by atoms with Crippen LogP contribution in [0.15, 0.2) is 36.4 Å². The molecule has 0 aromatic heterocycles. The highest BCUT2D eigenvalue weighted by molar-refractivity contribution is 6.32. The fourth-order valence-electron chi connectivity index (χ4n) is 3.83. The predicted octanol–water partition coefficient (Wildman–Crippen LogP) is 6.47. The average molecular weight is 402 g/mol. The topological polar surface area (TPSA) is 58.6 Å². The number of amides is 1. The molecule has 150 valence electrons. The molecule has 1 aliphatic rings. The van der Waals surface area contributed by atoms with Gasteiger partial charge < -0.3 is 15.2 Å². The lowest BCUT2D eigenvalue weighted by molar-refractivity contribution is 0.161. The van der Waals surface area contributed by atoms with Gasteiger partial charge in [-0.2, -0.15) is 0 Å². The largest absolute Gasteiger partial charge is 0.492 e. The number of hydrogen-bond donors (Lipinski definition) is 2. The molecule has 0 bridgehead atoms. The quantitative estimate of drug-likeness (QED) is 0.545. The summed E-state index contributed by atoms with van der Waals surface area (Å²) >= 11 is 6.42. The van der Waals surface area contributed by atoms with E-state index >= 15 is 0 Å². The Morgan fingerprint density at radius 2 is 1.96 bits per heavy atom. The first-order valence-electron chi connectivity index (χ1n) is 9.87. The third-order valence-electron chi connectivity index (χ3n) is 5.56. The standard InChI is InChI=1S/C23H28ClNO3/c1-4-5-12-28-20-9-7-16(14-19(20)24)15-6-8-18-17(13-15)10-11-23(2,3)21(18)25-22(26)27/h6-9,13-14,21,25H,4-5,10-12H2,1-3H3,(H,26,27)/t21-/m1/s1. The van der Waals surface area contributed by atoms with E-state index in [1.54, 1.807) is 0 Å². The van der Waals surface area contributed by atoms with E-state index in [-0.39, 0.29) is 11.5 Å². The minimum Gasteiger partial charge on any atom is -0.492 e. The lowest BCUT2D eigenvalue weighted by Crippen LogP contribution is -2.40. The van der Waals surface area contributed by atoms with Crippen LogP contribution >= 0.6 is 11.6 Å². The van der Waals surface area contributed by atoms with Gasteiger partial charge in [-0.15, -0.1) is 0 Å². The molecule has 2 aromatic rings. The van der Waals surface area contributed by atoms with Crippen molar-refractivity contribution in [2.24, 2.45) is 5.41 Å². The van der Waals surface area contributed by atoms with Crippen LogP contribution in [0.25, 0.3) is 11.1 Å². The van der Waals surface area contributed by atoms with E-state index in [0.29, 0.717) is 17.4 Å². The van der Waals surface area contributed by atoms with Crippen molar-refractivity contribution in [1.82, 2.24) is 5.32 Å². The van der Waals surface area contributed by atoms with Crippen molar-refractivity contribution in [2.75, 3.05) is 6.61 Å². The monoisotopic (exact) mass is 401 g/mol. The molecule has 28 heavy (non-hydrogen) atoms. The third kappa shape index (κ3) is 4.44. The Balaban J connectivity index is 1.88. The number of fused-ring (bicyclic) bond motifs is 1. The molecule has 0 heterocycles. The van der Waals surface area contributed by atoms with E-state index < -0.39 is 6.09 Å². The van der Waals surface area contributed by atoms with Crippen LogP contribution in [-0.2, 0) is 6.42 Å². The van der Waals surface area contributed by atoms with E-state index in [4.69, 9.17) is 16.3 Å². The third-order valence-corrected chi connectivity index (χ3v) is 5.86. The lowest BCUT2D eigenvalue weighted by atomic mass is 9.70. The molecule has 0 saturated heterocycles. The van der Waals surface area contributed by atoms with E-state index in [1.807, 2.05) is 30.3 Å².